The highest BCUT2D eigenvalue weighted by Crippen LogP contribution is 2.33. The number of aliphatic hydroxyl groups is 8. The van der Waals surface area contributed by atoms with E-state index in [9.17, 15) is 45.6 Å². The first-order chi connectivity index (χ1) is 20.0. The van der Waals surface area contributed by atoms with Crippen LogP contribution in [-0.4, -0.2) is 179 Å². The summed E-state index contributed by atoms with van der Waals surface area (Å²) in [5.74, 6) is -0.532. The predicted octanol–water partition coefficient (Wildman–Crippen LogP) is -6.40. The molecule has 11 N–H and O–H groups in total. The Bertz CT molecular complexity index is 829. The van der Waals surface area contributed by atoms with Crippen LogP contribution in [-0.2, 0) is 38.0 Å². The molecule has 0 aromatic carbocycles. The van der Waals surface area contributed by atoms with Crippen LogP contribution < -0.4 is 11.1 Å². The molecule has 0 bridgehead atoms. The Labute approximate surface area is 241 Å². The molecule has 18 nitrogen and oxygen atoms in total. The van der Waals surface area contributed by atoms with Gasteiger partial charge in [0.2, 0.25) is 5.91 Å². The van der Waals surface area contributed by atoms with E-state index in [4.69, 9.17) is 38.9 Å². The topological polar surface area (TPSA) is 282 Å². The number of amides is 1. The Balaban J connectivity index is 1.82. The molecule has 0 radical (unpaired) electrons. The Kier molecular flexibility index (Phi) is 13.6. The number of nitrogens with two attached hydrogens (primary N) is 1. The van der Waals surface area contributed by atoms with Crippen molar-refractivity contribution in [3.63, 3.8) is 0 Å². The number of aliphatic hydroxyl groups excluding tert-OH is 8. The zero-order valence-electron chi connectivity index (χ0n) is 23.3. The fourth-order valence-electron chi connectivity index (χ4n) is 5.10. The van der Waals surface area contributed by atoms with E-state index in [0.29, 0.717) is 13.0 Å². The van der Waals surface area contributed by atoms with Gasteiger partial charge in [0, 0.05) is 14.0 Å². The number of methoxy groups -OCH3 is 1. The smallest absolute Gasteiger partial charge is 0.217 e. The summed E-state index contributed by atoms with van der Waals surface area (Å²) in [5.41, 5.74) is 5.49. The summed E-state index contributed by atoms with van der Waals surface area (Å²) in [6.07, 6.45) is -20.5. The van der Waals surface area contributed by atoms with E-state index >= 15 is 0 Å². The Morgan fingerprint density at radius 2 is 1.31 bits per heavy atom. The van der Waals surface area contributed by atoms with Crippen molar-refractivity contribution in [2.24, 2.45) is 5.73 Å². The van der Waals surface area contributed by atoms with Crippen molar-refractivity contribution in [2.75, 3.05) is 40.1 Å². The summed E-state index contributed by atoms with van der Waals surface area (Å²) in [7, 11) is 1.19. The first-order valence-electron chi connectivity index (χ1n) is 13.6. The van der Waals surface area contributed by atoms with Crippen molar-refractivity contribution in [1.82, 2.24) is 5.32 Å². The Morgan fingerprint density at radius 1 is 0.738 bits per heavy atom. The number of carbonyl (C=O) groups excluding carboxylic acids is 1. The molecule has 3 saturated heterocycles. The van der Waals surface area contributed by atoms with Crippen molar-refractivity contribution >= 4 is 5.91 Å². The summed E-state index contributed by atoms with van der Waals surface area (Å²) < 4.78 is 39.2. The van der Waals surface area contributed by atoms with Crippen molar-refractivity contribution in [3.8, 4) is 0 Å². The third kappa shape index (κ3) is 7.91. The molecule has 246 valence electrons. The normalized spacial score (nSPS) is 44.6. The van der Waals surface area contributed by atoms with Crippen LogP contribution in [0.2, 0.25) is 0 Å². The molecule has 0 spiro atoms. The number of hydrogen-bond donors (Lipinski definition) is 10. The second-order valence-electron chi connectivity index (χ2n) is 10.3. The van der Waals surface area contributed by atoms with E-state index in [2.05, 4.69) is 5.32 Å². The Morgan fingerprint density at radius 3 is 1.88 bits per heavy atom. The first-order valence-corrected chi connectivity index (χ1v) is 13.6. The van der Waals surface area contributed by atoms with E-state index in [1.807, 2.05) is 0 Å². The minimum absolute atomic E-state index is 0.127. The monoisotopic (exact) mass is 616 g/mol. The van der Waals surface area contributed by atoms with Crippen LogP contribution in [0, 0.1) is 0 Å². The molecule has 1 amide bonds. The third-order valence-corrected chi connectivity index (χ3v) is 7.35. The zero-order chi connectivity index (χ0) is 31.1. The quantitative estimate of drug-likeness (QED) is 0.0861. The summed E-state index contributed by atoms with van der Waals surface area (Å²) in [6, 6.07) is -1.18. The van der Waals surface area contributed by atoms with Gasteiger partial charge in [0.1, 0.15) is 73.2 Å². The van der Waals surface area contributed by atoms with Crippen LogP contribution in [0.15, 0.2) is 0 Å². The SMILES string of the molecule is COC1C(O)[C@@H](O)C(CO)O[C@@H]1OC1C(O)[C@H](O[C@@H]2C(CO)O[C@@H](OCCCN)C(NC(C)=O)C2O)OC(CO)[C@@H]1O. The molecule has 0 aromatic rings. The maximum Gasteiger partial charge on any atom is 0.217 e. The number of carbonyl (C=O) groups is 1. The average molecular weight is 617 g/mol. The van der Waals surface area contributed by atoms with Gasteiger partial charge in [-0.1, -0.05) is 0 Å². The fraction of sp³-hybridized carbons (Fsp3) is 0.958. The van der Waals surface area contributed by atoms with E-state index < -0.39 is 118 Å². The molecule has 15 atom stereocenters. The molecule has 3 heterocycles. The van der Waals surface area contributed by atoms with Crippen molar-refractivity contribution in [1.29, 1.82) is 0 Å². The van der Waals surface area contributed by atoms with Gasteiger partial charge in [-0.2, -0.15) is 0 Å². The highest BCUT2D eigenvalue weighted by molar-refractivity contribution is 5.73. The lowest BCUT2D eigenvalue weighted by Gasteiger charge is -2.49. The molecule has 18 heteroatoms. The van der Waals surface area contributed by atoms with Gasteiger partial charge in [0.25, 0.3) is 0 Å². The van der Waals surface area contributed by atoms with E-state index in [1.165, 1.54) is 14.0 Å². The largest absolute Gasteiger partial charge is 0.394 e. The standard InChI is InChI=1S/C24H44N2O16/c1-9(30)26-13-16(33)19(12(8-29)40-22(13)37-5-3-4-25)41-23-18(35)20(15(32)11(7-28)38-23)42-24-21(36-2)17(34)14(31)10(6-27)39-24/h10-24,27-29,31-35H,3-8,25H2,1-2H3,(H,26,30)/t10?,11?,12?,13?,14-,15-,16?,17?,18?,19+,20?,21?,22+,23-,24+/m0/s1. The molecular formula is C24H44N2O16. The lowest BCUT2D eigenvalue weighted by atomic mass is 9.95. The van der Waals surface area contributed by atoms with Gasteiger partial charge < -0.3 is 85.1 Å². The van der Waals surface area contributed by atoms with Crippen LogP contribution in [0.25, 0.3) is 0 Å². The number of rotatable bonds is 13. The lowest BCUT2D eigenvalue weighted by Crippen LogP contribution is -2.68. The van der Waals surface area contributed by atoms with Crippen molar-refractivity contribution < 1.29 is 78.8 Å². The van der Waals surface area contributed by atoms with E-state index in [0.717, 1.165) is 0 Å². The van der Waals surface area contributed by atoms with Crippen LogP contribution in [0.4, 0.5) is 0 Å². The maximum atomic E-state index is 11.9. The number of nitrogens with one attached hydrogen (secondary N) is 1. The molecule has 3 aliphatic heterocycles. The summed E-state index contributed by atoms with van der Waals surface area (Å²) in [5, 5.41) is 85.7. The zero-order valence-corrected chi connectivity index (χ0v) is 23.3. The lowest BCUT2D eigenvalue weighted by molar-refractivity contribution is -0.377. The predicted molar refractivity (Wildman–Crippen MR) is 135 cm³/mol. The minimum Gasteiger partial charge on any atom is -0.394 e. The van der Waals surface area contributed by atoms with Gasteiger partial charge in [-0.15, -0.1) is 0 Å². The average Bonchev–Trinajstić information content (AvgIpc) is 2.96. The second kappa shape index (κ2) is 16.2. The fourth-order valence-corrected chi connectivity index (χ4v) is 5.10. The summed E-state index contributed by atoms with van der Waals surface area (Å²) in [6.45, 7) is -0.516. The molecule has 3 fully saturated rings. The number of hydrogen-bond acceptors (Lipinski definition) is 17. The first kappa shape index (κ1) is 35.3. The maximum absolute atomic E-state index is 11.9. The molecule has 0 aromatic heterocycles. The number of ether oxygens (including phenoxy) is 7. The van der Waals surface area contributed by atoms with Gasteiger partial charge in [-0.3, -0.25) is 4.79 Å². The highest BCUT2D eigenvalue weighted by atomic mass is 16.8. The van der Waals surface area contributed by atoms with Gasteiger partial charge in [0.05, 0.1) is 26.4 Å². The second-order valence-corrected chi connectivity index (χ2v) is 10.3. The highest BCUT2D eigenvalue weighted by Gasteiger charge is 2.54. The molecule has 0 aliphatic carbocycles. The van der Waals surface area contributed by atoms with Gasteiger partial charge in [0.15, 0.2) is 18.9 Å². The third-order valence-electron chi connectivity index (χ3n) is 7.35. The van der Waals surface area contributed by atoms with Crippen molar-refractivity contribution in [3.05, 3.63) is 0 Å². The Hall–Kier alpha value is -1.17. The van der Waals surface area contributed by atoms with Crippen LogP contribution in [0.3, 0.4) is 0 Å². The molecule has 3 rings (SSSR count). The van der Waals surface area contributed by atoms with Gasteiger partial charge in [-0.25, -0.2) is 0 Å². The van der Waals surface area contributed by atoms with Crippen LogP contribution >= 0.6 is 0 Å². The molecular weight excluding hydrogens is 572 g/mol. The molecule has 3 aliphatic rings. The molecule has 9 unspecified atom stereocenters. The minimum atomic E-state index is -1.84. The summed E-state index contributed by atoms with van der Waals surface area (Å²) >= 11 is 0. The van der Waals surface area contributed by atoms with Crippen LogP contribution in [0.1, 0.15) is 13.3 Å². The molecule has 0 saturated carbocycles. The van der Waals surface area contributed by atoms with E-state index in [1.54, 1.807) is 0 Å². The molecule has 42 heavy (non-hydrogen) atoms. The van der Waals surface area contributed by atoms with E-state index in [-0.39, 0.29) is 6.61 Å². The van der Waals surface area contributed by atoms with Crippen LogP contribution in [0.5, 0.6) is 0 Å². The van der Waals surface area contributed by atoms with Gasteiger partial charge >= 0.3 is 0 Å². The van der Waals surface area contributed by atoms with Crippen molar-refractivity contribution in [2.45, 2.75) is 105 Å². The summed E-state index contributed by atoms with van der Waals surface area (Å²) in [4.78, 5) is 11.9. The van der Waals surface area contributed by atoms with Gasteiger partial charge in [-0.05, 0) is 13.0 Å².